The van der Waals surface area contributed by atoms with E-state index in [1.807, 2.05) is 6.92 Å². The molecule has 0 radical (unpaired) electrons. The second-order valence-corrected chi connectivity index (χ2v) is 7.34. The summed E-state index contributed by atoms with van der Waals surface area (Å²) in [6, 6.07) is 4.15. The number of rotatable bonds is 5. The topological polar surface area (TPSA) is 107 Å². The van der Waals surface area contributed by atoms with Gasteiger partial charge >= 0.3 is 0 Å². The highest BCUT2D eigenvalue weighted by Gasteiger charge is 2.34. The van der Waals surface area contributed by atoms with E-state index in [4.69, 9.17) is 5.41 Å². The standard InChI is InChI=1S/C20H21FN6O/c1-20(6-3-7-20)27-19(28)13-9-24-18-17(13)26-15(10-25-18)16(22)12-5-4-11(21)8-14(12)23-2/h4-5,8-10,22-23H,3,6-7H2,1-2H3,(H,24,25)(H,27,28). The van der Waals surface area contributed by atoms with Crippen LogP contribution in [0.1, 0.15) is 47.8 Å². The molecule has 0 saturated heterocycles. The highest BCUT2D eigenvalue weighted by atomic mass is 19.1. The quantitative estimate of drug-likeness (QED) is 0.510. The van der Waals surface area contributed by atoms with Crippen LogP contribution in [0.25, 0.3) is 11.2 Å². The van der Waals surface area contributed by atoms with Crippen LogP contribution in [-0.2, 0) is 0 Å². The first-order valence-corrected chi connectivity index (χ1v) is 9.13. The van der Waals surface area contributed by atoms with E-state index >= 15 is 0 Å². The van der Waals surface area contributed by atoms with E-state index in [2.05, 4.69) is 25.6 Å². The molecule has 0 spiro atoms. The lowest BCUT2D eigenvalue weighted by molar-refractivity contribution is 0.0852. The van der Waals surface area contributed by atoms with Crippen LogP contribution < -0.4 is 10.6 Å². The minimum absolute atomic E-state index is 0.0947. The highest BCUT2D eigenvalue weighted by Crippen LogP contribution is 2.31. The first-order chi connectivity index (χ1) is 13.4. The molecule has 7 nitrogen and oxygen atoms in total. The van der Waals surface area contributed by atoms with Gasteiger partial charge in [-0.15, -0.1) is 0 Å². The fourth-order valence-corrected chi connectivity index (χ4v) is 3.44. The van der Waals surface area contributed by atoms with Gasteiger partial charge in [0, 0.05) is 30.0 Å². The first-order valence-electron chi connectivity index (χ1n) is 9.13. The van der Waals surface area contributed by atoms with Crippen molar-refractivity contribution in [1.82, 2.24) is 20.3 Å². The smallest absolute Gasteiger partial charge is 0.255 e. The molecule has 4 rings (SSSR count). The maximum Gasteiger partial charge on any atom is 0.255 e. The molecule has 8 heteroatoms. The van der Waals surface area contributed by atoms with E-state index in [1.165, 1.54) is 24.4 Å². The molecule has 1 aliphatic carbocycles. The van der Waals surface area contributed by atoms with Gasteiger partial charge in [-0.3, -0.25) is 10.2 Å². The Morgan fingerprint density at radius 1 is 1.32 bits per heavy atom. The molecule has 0 aliphatic heterocycles. The minimum Gasteiger partial charge on any atom is -0.387 e. The predicted octanol–water partition coefficient (Wildman–Crippen LogP) is 3.23. The molecule has 0 unspecified atom stereocenters. The molecule has 1 aliphatic rings. The Bertz CT molecular complexity index is 1090. The number of amides is 1. The fraction of sp³-hybridized carbons (Fsp3) is 0.300. The lowest BCUT2D eigenvalue weighted by Gasteiger charge is -2.39. The molecule has 3 aromatic rings. The Balaban J connectivity index is 1.69. The van der Waals surface area contributed by atoms with Crippen LogP contribution in [0.2, 0.25) is 0 Å². The Morgan fingerprint density at radius 3 is 2.79 bits per heavy atom. The summed E-state index contributed by atoms with van der Waals surface area (Å²) in [6.07, 6.45) is 6.09. The normalized spacial score (nSPS) is 15.1. The molecule has 28 heavy (non-hydrogen) atoms. The van der Waals surface area contributed by atoms with Crippen LogP contribution in [0.4, 0.5) is 10.1 Å². The Kier molecular flexibility index (Phi) is 4.33. The van der Waals surface area contributed by atoms with E-state index in [0.717, 1.165) is 19.3 Å². The van der Waals surface area contributed by atoms with E-state index in [9.17, 15) is 9.18 Å². The van der Waals surface area contributed by atoms with E-state index in [1.54, 1.807) is 13.2 Å². The van der Waals surface area contributed by atoms with Crippen LogP contribution in [0.15, 0.2) is 30.6 Å². The van der Waals surface area contributed by atoms with Gasteiger partial charge in [0.2, 0.25) is 0 Å². The van der Waals surface area contributed by atoms with Gasteiger partial charge in [-0.25, -0.2) is 14.4 Å². The summed E-state index contributed by atoms with van der Waals surface area (Å²) in [6.45, 7) is 2.03. The molecule has 2 heterocycles. The lowest BCUT2D eigenvalue weighted by Crippen LogP contribution is -2.50. The molecule has 0 bridgehead atoms. The summed E-state index contributed by atoms with van der Waals surface area (Å²) in [7, 11) is 1.66. The van der Waals surface area contributed by atoms with Crippen LogP contribution in [-0.4, -0.2) is 39.2 Å². The van der Waals surface area contributed by atoms with E-state index < -0.39 is 5.82 Å². The third-order valence-electron chi connectivity index (χ3n) is 5.27. The zero-order chi connectivity index (χ0) is 19.9. The Morgan fingerprint density at radius 2 is 2.11 bits per heavy atom. The molecular formula is C20H21FN6O. The number of hydrogen-bond donors (Lipinski definition) is 4. The maximum atomic E-state index is 13.5. The maximum absolute atomic E-state index is 13.5. The summed E-state index contributed by atoms with van der Waals surface area (Å²) in [5.41, 5.74) is 2.51. The van der Waals surface area contributed by atoms with Gasteiger partial charge in [0.25, 0.3) is 5.91 Å². The number of carbonyl (C=O) groups is 1. The monoisotopic (exact) mass is 380 g/mol. The molecule has 1 saturated carbocycles. The SMILES string of the molecule is CNc1cc(F)ccc1C(=N)c1cnc2[nH]cc(C(=O)NC3(C)CCC3)c2n1. The molecule has 1 aromatic carbocycles. The number of aromatic amines is 1. The summed E-state index contributed by atoms with van der Waals surface area (Å²) < 4.78 is 13.5. The summed E-state index contributed by atoms with van der Waals surface area (Å²) >= 11 is 0. The first kappa shape index (κ1) is 18.1. The van der Waals surface area contributed by atoms with Crippen LogP contribution in [0.3, 0.4) is 0 Å². The Hall–Kier alpha value is -3.29. The zero-order valence-corrected chi connectivity index (χ0v) is 15.7. The van der Waals surface area contributed by atoms with Crippen molar-refractivity contribution in [2.45, 2.75) is 31.7 Å². The second-order valence-electron chi connectivity index (χ2n) is 7.34. The van der Waals surface area contributed by atoms with E-state index in [-0.39, 0.29) is 17.2 Å². The average Bonchev–Trinajstić information content (AvgIpc) is 3.09. The Labute approximate surface area is 161 Å². The minimum atomic E-state index is -0.392. The fourth-order valence-electron chi connectivity index (χ4n) is 3.44. The van der Waals surface area contributed by atoms with E-state index in [0.29, 0.717) is 33.7 Å². The molecule has 1 fully saturated rings. The van der Waals surface area contributed by atoms with Crippen molar-refractivity contribution >= 4 is 28.5 Å². The highest BCUT2D eigenvalue weighted by molar-refractivity contribution is 6.14. The van der Waals surface area contributed by atoms with Gasteiger partial charge in [-0.2, -0.15) is 0 Å². The molecule has 2 aromatic heterocycles. The number of carbonyl (C=O) groups excluding carboxylic acids is 1. The molecule has 144 valence electrons. The summed E-state index contributed by atoms with van der Waals surface area (Å²) in [5, 5.41) is 14.4. The number of aromatic nitrogens is 3. The van der Waals surface area contributed by atoms with Crippen LogP contribution in [0, 0.1) is 11.2 Å². The average molecular weight is 380 g/mol. The largest absolute Gasteiger partial charge is 0.387 e. The third-order valence-corrected chi connectivity index (χ3v) is 5.27. The van der Waals surface area contributed by atoms with Crippen molar-refractivity contribution in [3.63, 3.8) is 0 Å². The van der Waals surface area contributed by atoms with Gasteiger partial charge in [0.15, 0.2) is 5.65 Å². The van der Waals surface area contributed by atoms with Crippen LogP contribution >= 0.6 is 0 Å². The number of H-pyrrole nitrogens is 1. The predicted molar refractivity (Wildman–Crippen MR) is 105 cm³/mol. The van der Waals surface area contributed by atoms with Gasteiger partial charge in [0.1, 0.15) is 17.0 Å². The van der Waals surface area contributed by atoms with Crippen molar-refractivity contribution in [2.24, 2.45) is 0 Å². The van der Waals surface area contributed by atoms with Gasteiger partial charge in [-0.1, -0.05) is 0 Å². The summed E-state index contributed by atoms with van der Waals surface area (Å²) in [5.74, 6) is -0.597. The molecule has 1 amide bonds. The number of nitrogens with one attached hydrogen (secondary N) is 4. The molecular weight excluding hydrogens is 359 g/mol. The summed E-state index contributed by atoms with van der Waals surface area (Å²) in [4.78, 5) is 24.5. The van der Waals surface area contributed by atoms with Crippen molar-refractivity contribution in [3.8, 4) is 0 Å². The number of fused-ring (bicyclic) bond motifs is 1. The van der Waals surface area contributed by atoms with Crippen molar-refractivity contribution in [3.05, 3.63) is 53.2 Å². The lowest BCUT2D eigenvalue weighted by atomic mass is 9.78. The zero-order valence-electron chi connectivity index (χ0n) is 15.7. The van der Waals surface area contributed by atoms with Gasteiger partial charge < -0.3 is 15.6 Å². The number of nitrogens with zero attached hydrogens (tertiary/aromatic N) is 2. The number of hydrogen-bond acceptors (Lipinski definition) is 5. The third kappa shape index (κ3) is 3.11. The van der Waals surface area contributed by atoms with Gasteiger partial charge in [-0.05, 0) is 44.4 Å². The number of anilines is 1. The number of halogens is 1. The van der Waals surface area contributed by atoms with Crippen molar-refractivity contribution in [1.29, 1.82) is 5.41 Å². The molecule has 4 N–H and O–H groups in total. The molecule has 0 atom stereocenters. The second kappa shape index (κ2) is 6.70. The van der Waals surface area contributed by atoms with Crippen LogP contribution in [0.5, 0.6) is 0 Å². The number of benzene rings is 1. The van der Waals surface area contributed by atoms with Gasteiger partial charge in [0.05, 0.1) is 17.5 Å². The van der Waals surface area contributed by atoms with Crippen molar-refractivity contribution < 1.29 is 9.18 Å². The van der Waals surface area contributed by atoms with Crippen molar-refractivity contribution in [2.75, 3.05) is 12.4 Å².